The Balaban J connectivity index is 3.02. The van der Waals surface area contributed by atoms with Crippen molar-refractivity contribution in [1.82, 2.24) is 5.32 Å². The van der Waals surface area contributed by atoms with E-state index in [4.69, 9.17) is 4.74 Å². The lowest BCUT2D eigenvalue weighted by Crippen LogP contribution is -2.17. The predicted molar refractivity (Wildman–Crippen MR) is 48.8 cm³/mol. The third-order valence-corrected chi connectivity index (χ3v) is 1.25. The van der Waals surface area contributed by atoms with Crippen molar-refractivity contribution in [2.45, 2.75) is 27.2 Å². The lowest BCUT2D eigenvalue weighted by atomic mass is 9.99. The standard InChI is InChI=1S/C9H21NO/c1-9(2,3)8-11-7-5-6-10-4/h10H,5-8H2,1-4H3. The maximum absolute atomic E-state index is 5.46. The van der Waals surface area contributed by atoms with E-state index in [1.54, 1.807) is 0 Å². The first-order chi connectivity index (χ1) is 5.06. The number of ether oxygens (including phenoxy) is 1. The lowest BCUT2D eigenvalue weighted by Gasteiger charge is -2.17. The highest BCUT2D eigenvalue weighted by molar-refractivity contribution is 4.58. The molecule has 0 aromatic heterocycles. The molecule has 68 valence electrons. The SMILES string of the molecule is CNCCCOCC(C)(C)C. The van der Waals surface area contributed by atoms with Crippen molar-refractivity contribution < 1.29 is 4.74 Å². The smallest absolute Gasteiger partial charge is 0.0514 e. The topological polar surface area (TPSA) is 21.3 Å². The Kier molecular flexibility index (Phi) is 5.51. The van der Waals surface area contributed by atoms with Crippen molar-refractivity contribution in [3.63, 3.8) is 0 Å². The summed E-state index contributed by atoms with van der Waals surface area (Å²) in [5, 5.41) is 3.09. The van der Waals surface area contributed by atoms with Crippen molar-refractivity contribution in [2.75, 3.05) is 26.8 Å². The fourth-order valence-electron chi connectivity index (χ4n) is 0.729. The highest BCUT2D eigenvalue weighted by atomic mass is 16.5. The van der Waals surface area contributed by atoms with Gasteiger partial charge in [0.25, 0.3) is 0 Å². The van der Waals surface area contributed by atoms with E-state index in [-0.39, 0.29) is 0 Å². The highest BCUT2D eigenvalue weighted by Gasteiger charge is 2.08. The van der Waals surface area contributed by atoms with Crippen LogP contribution in [0.4, 0.5) is 0 Å². The summed E-state index contributed by atoms with van der Waals surface area (Å²) in [6, 6.07) is 0. The van der Waals surface area contributed by atoms with Gasteiger partial charge in [0.2, 0.25) is 0 Å². The van der Waals surface area contributed by atoms with Crippen molar-refractivity contribution in [3.05, 3.63) is 0 Å². The fraction of sp³-hybridized carbons (Fsp3) is 1.00. The minimum atomic E-state index is 0.305. The molecule has 0 saturated heterocycles. The maximum atomic E-state index is 5.46. The number of rotatable bonds is 5. The minimum Gasteiger partial charge on any atom is -0.381 e. The number of hydrogen-bond acceptors (Lipinski definition) is 2. The van der Waals surface area contributed by atoms with Gasteiger partial charge < -0.3 is 10.1 Å². The zero-order valence-corrected chi connectivity index (χ0v) is 8.24. The molecule has 0 aliphatic carbocycles. The Hall–Kier alpha value is -0.0800. The van der Waals surface area contributed by atoms with Gasteiger partial charge in [-0.25, -0.2) is 0 Å². The summed E-state index contributed by atoms with van der Waals surface area (Å²) in [7, 11) is 1.96. The van der Waals surface area contributed by atoms with E-state index in [0.717, 1.165) is 26.2 Å². The molecule has 0 heterocycles. The monoisotopic (exact) mass is 159 g/mol. The van der Waals surface area contributed by atoms with Crippen molar-refractivity contribution in [3.8, 4) is 0 Å². The zero-order chi connectivity index (χ0) is 8.74. The predicted octanol–water partition coefficient (Wildman–Crippen LogP) is 1.66. The molecule has 0 fully saturated rings. The molecule has 2 nitrogen and oxygen atoms in total. The molecular formula is C9H21NO. The van der Waals surface area contributed by atoms with Gasteiger partial charge in [0, 0.05) is 6.61 Å². The van der Waals surface area contributed by atoms with Crippen molar-refractivity contribution in [1.29, 1.82) is 0 Å². The van der Waals surface area contributed by atoms with Gasteiger partial charge in [-0.15, -0.1) is 0 Å². The molecule has 0 aliphatic rings. The molecule has 0 saturated carbocycles. The Morgan fingerprint density at radius 2 is 1.91 bits per heavy atom. The van der Waals surface area contributed by atoms with Crippen LogP contribution in [0.1, 0.15) is 27.2 Å². The van der Waals surface area contributed by atoms with E-state index in [2.05, 4.69) is 26.1 Å². The second-order valence-corrected chi connectivity index (χ2v) is 4.07. The minimum absolute atomic E-state index is 0.305. The van der Waals surface area contributed by atoms with Crippen LogP contribution in [0.3, 0.4) is 0 Å². The van der Waals surface area contributed by atoms with Crippen LogP contribution in [0.15, 0.2) is 0 Å². The van der Waals surface area contributed by atoms with Gasteiger partial charge in [-0.2, -0.15) is 0 Å². The Morgan fingerprint density at radius 3 is 2.36 bits per heavy atom. The molecule has 0 aromatic rings. The average Bonchev–Trinajstić information content (AvgIpc) is 1.85. The molecule has 0 radical (unpaired) electrons. The van der Waals surface area contributed by atoms with Crippen LogP contribution in [0.5, 0.6) is 0 Å². The summed E-state index contributed by atoms with van der Waals surface area (Å²) in [4.78, 5) is 0. The summed E-state index contributed by atoms with van der Waals surface area (Å²) in [5.41, 5.74) is 0.305. The highest BCUT2D eigenvalue weighted by Crippen LogP contribution is 2.12. The van der Waals surface area contributed by atoms with Crippen molar-refractivity contribution in [2.24, 2.45) is 5.41 Å². The third kappa shape index (κ3) is 9.92. The van der Waals surface area contributed by atoms with Crippen LogP contribution in [-0.2, 0) is 4.74 Å². The van der Waals surface area contributed by atoms with Crippen LogP contribution < -0.4 is 5.32 Å². The molecule has 0 aliphatic heterocycles. The molecule has 2 heteroatoms. The lowest BCUT2D eigenvalue weighted by molar-refractivity contribution is 0.0700. The van der Waals surface area contributed by atoms with Crippen LogP contribution in [-0.4, -0.2) is 26.8 Å². The van der Waals surface area contributed by atoms with Crippen molar-refractivity contribution >= 4 is 0 Å². The molecule has 0 amide bonds. The first-order valence-corrected chi connectivity index (χ1v) is 4.28. The van der Waals surface area contributed by atoms with Gasteiger partial charge in [0.05, 0.1) is 6.61 Å². The summed E-state index contributed by atoms with van der Waals surface area (Å²) < 4.78 is 5.46. The molecule has 0 bridgehead atoms. The Bertz CT molecular complexity index is 86.1. The van der Waals surface area contributed by atoms with E-state index >= 15 is 0 Å². The normalized spacial score (nSPS) is 12.0. The molecule has 1 N–H and O–H groups in total. The second-order valence-electron chi connectivity index (χ2n) is 4.07. The Morgan fingerprint density at radius 1 is 1.27 bits per heavy atom. The van der Waals surface area contributed by atoms with E-state index in [9.17, 15) is 0 Å². The van der Waals surface area contributed by atoms with Gasteiger partial charge in [-0.05, 0) is 25.4 Å². The largest absolute Gasteiger partial charge is 0.381 e. The summed E-state index contributed by atoms with van der Waals surface area (Å²) in [6.45, 7) is 9.33. The maximum Gasteiger partial charge on any atom is 0.0514 e. The molecular weight excluding hydrogens is 138 g/mol. The second kappa shape index (κ2) is 5.56. The molecule has 0 aromatic carbocycles. The van der Waals surface area contributed by atoms with Gasteiger partial charge in [0.1, 0.15) is 0 Å². The van der Waals surface area contributed by atoms with Crippen LogP contribution in [0.2, 0.25) is 0 Å². The quantitative estimate of drug-likeness (QED) is 0.616. The summed E-state index contributed by atoms with van der Waals surface area (Å²) in [5.74, 6) is 0. The van der Waals surface area contributed by atoms with E-state index in [0.29, 0.717) is 5.41 Å². The zero-order valence-electron chi connectivity index (χ0n) is 8.24. The molecule has 0 atom stereocenters. The first-order valence-electron chi connectivity index (χ1n) is 4.28. The molecule has 0 rings (SSSR count). The van der Waals surface area contributed by atoms with Gasteiger partial charge >= 0.3 is 0 Å². The van der Waals surface area contributed by atoms with E-state index < -0.39 is 0 Å². The summed E-state index contributed by atoms with van der Waals surface area (Å²) >= 11 is 0. The van der Waals surface area contributed by atoms with Gasteiger partial charge in [-0.3, -0.25) is 0 Å². The van der Waals surface area contributed by atoms with Gasteiger partial charge in [0.15, 0.2) is 0 Å². The Labute approximate surface area is 70.3 Å². The molecule has 0 spiro atoms. The molecule has 11 heavy (non-hydrogen) atoms. The first kappa shape index (κ1) is 10.9. The van der Waals surface area contributed by atoms with E-state index in [1.165, 1.54) is 0 Å². The van der Waals surface area contributed by atoms with Crippen LogP contribution in [0, 0.1) is 5.41 Å². The average molecular weight is 159 g/mol. The number of nitrogens with one attached hydrogen (secondary N) is 1. The van der Waals surface area contributed by atoms with Crippen LogP contribution in [0.25, 0.3) is 0 Å². The summed E-state index contributed by atoms with van der Waals surface area (Å²) in [6.07, 6.45) is 1.10. The third-order valence-electron chi connectivity index (χ3n) is 1.25. The fourth-order valence-corrected chi connectivity index (χ4v) is 0.729. The number of hydrogen-bond donors (Lipinski definition) is 1. The van der Waals surface area contributed by atoms with Gasteiger partial charge in [-0.1, -0.05) is 20.8 Å². The molecule has 0 unspecified atom stereocenters. The van der Waals surface area contributed by atoms with E-state index in [1.807, 2.05) is 7.05 Å². The van der Waals surface area contributed by atoms with Crippen LogP contribution >= 0.6 is 0 Å².